The Morgan fingerprint density at radius 1 is 1.21 bits per heavy atom. The topological polar surface area (TPSA) is 101 Å². The molecular weight excluding hydrogens is 482 g/mol. The van der Waals surface area contributed by atoms with Gasteiger partial charge in [0.1, 0.15) is 5.15 Å². The largest absolute Gasteiger partial charge is 0.478 e. The highest BCUT2D eigenvalue weighted by Gasteiger charge is 2.13. The quantitative estimate of drug-likeness (QED) is 0.402. The molecule has 0 unspecified atom stereocenters. The number of nitrogens with zero attached hydrogens (tertiary/aromatic N) is 2. The number of aromatic nitrogens is 1. The van der Waals surface area contributed by atoms with Crippen molar-refractivity contribution in [2.75, 3.05) is 0 Å². The van der Waals surface area contributed by atoms with Crippen LogP contribution in [0.3, 0.4) is 0 Å². The van der Waals surface area contributed by atoms with E-state index in [4.69, 9.17) is 16.7 Å². The minimum Gasteiger partial charge on any atom is -0.478 e. The zero-order valence-electron chi connectivity index (χ0n) is 14.6. The van der Waals surface area contributed by atoms with E-state index < -0.39 is 11.9 Å². The molecule has 1 amide bonds. The monoisotopic (exact) mass is 493 g/mol. The summed E-state index contributed by atoms with van der Waals surface area (Å²) < 4.78 is 2.16. The van der Waals surface area contributed by atoms with Crippen molar-refractivity contribution in [3.05, 3.63) is 89.4 Å². The van der Waals surface area contributed by atoms with E-state index in [-0.39, 0.29) is 22.1 Å². The van der Waals surface area contributed by atoms with Crippen LogP contribution in [-0.4, -0.2) is 27.8 Å². The third-order valence-corrected chi connectivity index (χ3v) is 5.79. The summed E-state index contributed by atoms with van der Waals surface area (Å²) in [7, 11) is 0. The molecule has 0 aliphatic rings. The van der Waals surface area contributed by atoms with Gasteiger partial charge in [0.15, 0.2) is 0 Å². The first kappa shape index (κ1) is 21.0. The van der Waals surface area contributed by atoms with E-state index in [9.17, 15) is 14.4 Å². The molecule has 10 heteroatoms. The van der Waals surface area contributed by atoms with Crippen LogP contribution in [0, 0.1) is 0 Å². The number of carbonyl (C=O) groups is 2. The molecule has 0 saturated carbocycles. The van der Waals surface area contributed by atoms with Gasteiger partial charge in [-0.2, -0.15) is 5.10 Å². The van der Waals surface area contributed by atoms with Gasteiger partial charge in [0.25, 0.3) is 5.91 Å². The van der Waals surface area contributed by atoms with E-state index in [2.05, 4.69) is 26.5 Å². The van der Waals surface area contributed by atoms with Gasteiger partial charge in [-0.3, -0.25) is 14.2 Å². The van der Waals surface area contributed by atoms with Gasteiger partial charge < -0.3 is 5.11 Å². The van der Waals surface area contributed by atoms with Crippen molar-refractivity contribution in [1.82, 2.24) is 9.99 Å². The molecule has 0 fully saturated rings. The number of hydrazone groups is 1. The Labute approximate surface area is 182 Å². The highest BCUT2D eigenvalue weighted by Crippen LogP contribution is 2.19. The lowest BCUT2D eigenvalue weighted by Gasteiger charge is -2.05. The molecular formula is C19H13BrClN3O4S. The van der Waals surface area contributed by atoms with Crippen LogP contribution in [0.1, 0.15) is 31.2 Å². The summed E-state index contributed by atoms with van der Waals surface area (Å²) in [5.74, 6) is -1.45. The Kier molecular flexibility index (Phi) is 6.63. The number of carbonyl (C=O) groups excluding carboxylic acids is 1. The maximum absolute atomic E-state index is 12.3. The van der Waals surface area contributed by atoms with E-state index >= 15 is 0 Å². The van der Waals surface area contributed by atoms with Crippen LogP contribution < -0.4 is 10.3 Å². The van der Waals surface area contributed by atoms with Gasteiger partial charge in [-0.05, 0) is 42.0 Å². The molecule has 3 rings (SSSR count). The molecule has 148 valence electrons. The van der Waals surface area contributed by atoms with Crippen LogP contribution in [-0.2, 0) is 6.54 Å². The first-order valence-electron chi connectivity index (χ1n) is 8.15. The van der Waals surface area contributed by atoms with Crippen LogP contribution in [0.15, 0.2) is 62.9 Å². The minimum atomic E-state index is -1.05. The van der Waals surface area contributed by atoms with Crippen molar-refractivity contribution in [1.29, 1.82) is 0 Å². The minimum absolute atomic E-state index is 0.119. The fraction of sp³-hybridized carbons (Fsp3) is 0.0526. The van der Waals surface area contributed by atoms with Crippen molar-refractivity contribution >= 4 is 57.0 Å². The summed E-state index contributed by atoms with van der Waals surface area (Å²) in [6.45, 7) is 0.119. The van der Waals surface area contributed by atoms with Gasteiger partial charge in [0, 0.05) is 10.0 Å². The van der Waals surface area contributed by atoms with Gasteiger partial charge in [-0.15, -0.1) is 0 Å². The van der Waals surface area contributed by atoms with Crippen LogP contribution in [0.5, 0.6) is 0 Å². The van der Waals surface area contributed by atoms with Gasteiger partial charge in [-0.1, -0.05) is 51.0 Å². The second kappa shape index (κ2) is 9.17. The molecule has 7 nitrogen and oxygen atoms in total. The Morgan fingerprint density at radius 2 is 1.93 bits per heavy atom. The van der Waals surface area contributed by atoms with E-state index in [0.29, 0.717) is 16.0 Å². The second-order valence-electron chi connectivity index (χ2n) is 5.82. The summed E-state index contributed by atoms with van der Waals surface area (Å²) in [5, 5.41) is 13.1. The molecule has 0 spiro atoms. The molecule has 2 aromatic carbocycles. The van der Waals surface area contributed by atoms with Crippen LogP contribution in [0.4, 0.5) is 0 Å². The summed E-state index contributed by atoms with van der Waals surface area (Å²) in [4.78, 5) is 35.5. The molecule has 29 heavy (non-hydrogen) atoms. The molecule has 0 bridgehead atoms. The van der Waals surface area contributed by atoms with Crippen molar-refractivity contribution in [2.45, 2.75) is 6.54 Å². The third-order valence-electron chi connectivity index (χ3n) is 3.83. The van der Waals surface area contributed by atoms with Gasteiger partial charge in [-0.25, -0.2) is 10.2 Å². The number of nitrogens with one attached hydrogen (secondary N) is 1. The number of halogens is 2. The number of benzene rings is 2. The average Bonchev–Trinajstić information content (AvgIpc) is 2.96. The molecule has 0 radical (unpaired) electrons. The van der Waals surface area contributed by atoms with E-state index in [1.165, 1.54) is 22.9 Å². The molecule has 3 aromatic rings. The first-order valence-corrected chi connectivity index (χ1v) is 10.1. The zero-order valence-corrected chi connectivity index (χ0v) is 17.8. The zero-order chi connectivity index (χ0) is 21.0. The molecule has 0 atom stereocenters. The SMILES string of the molecule is O=C(O)c1cccc(Cn2c(Cl)c(/C=N\NC(=O)c3ccc(Br)cc3)sc2=O)c1. The molecule has 2 N–H and O–H groups in total. The Balaban J connectivity index is 1.73. The number of hydrogen-bond acceptors (Lipinski definition) is 5. The van der Waals surface area contributed by atoms with Crippen LogP contribution in [0.25, 0.3) is 0 Å². The summed E-state index contributed by atoms with van der Waals surface area (Å²) in [6, 6.07) is 13.0. The first-order chi connectivity index (χ1) is 13.8. The number of carboxylic acid groups (broad SMARTS) is 1. The van der Waals surface area contributed by atoms with Crippen LogP contribution >= 0.6 is 38.9 Å². The highest BCUT2D eigenvalue weighted by atomic mass is 79.9. The van der Waals surface area contributed by atoms with E-state index in [1.807, 2.05) is 0 Å². The average molecular weight is 495 g/mol. The highest BCUT2D eigenvalue weighted by molar-refractivity contribution is 9.10. The third kappa shape index (κ3) is 5.20. The van der Waals surface area contributed by atoms with Gasteiger partial charge in [0.2, 0.25) is 0 Å². The summed E-state index contributed by atoms with van der Waals surface area (Å²) in [5.41, 5.74) is 3.56. The van der Waals surface area contributed by atoms with Crippen molar-refractivity contribution in [3.8, 4) is 0 Å². The predicted molar refractivity (Wildman–Crippen MR) is 115 cm³/mol. The van der Waals surface area contributed by atoms with Crippen molar-refractivity contribution < 1.29 is 14.7 Å². The maximum atomic E-state index is 12.3. The second-order valence-corrected chi connectivity index (χ2v) is 8.09. The Hall–Kier alpha value is -2.75. The molecule has 0 saturated heterocycles. The summed E-state index contributed by atoms with van der Waals surface area (Å²) in [6.07, 6.45) is 1.30. The number of hydrogen-bond donors (Lipinski definition) is 2. The lowest BCUT2D eigenvalue weighted by atomic mass is 10.1. The van der Waals surface area contributed by atoms with Crippen LogP contribution in [0.2, 0.25) is 5.15 Å². The van der Waals surface area contributed by atoms with E-state index in [1.54, 1.807) is 36.4 Å². The summed E-state index contributed by atoms with van der Waals surface area (Å²) >= 11 is 10.4. The molecule has 1 heterocycles. The number of carboxylic acids is 1. The van der Waals surface area contributed by atoms with Gasteiger partial charge >= 0.3 is 10.8 Å². The fourth-order valence-electron chi connectivity index (χ4n) is 2.42. The number of rotatable bonds is 6. The maximum Gasteiger partial charge on any atom is 0.335 e. The predicted octanol–water partition coefficient (Wildman–Crippen LogP) is 3.84. The molecule has 0 aliphatic carbocycles. The lowest BCUT2D eigenvalue weighted by molar-refractivity contribution is 0.0696. The standard InChI is InChI=1S/C19H13BrClN3O4S/c20-14-6-4-12(5-7-14)17(25)23-22-9-15-16(21)24(19(28)29-15)10-11-2-1-3-13(8-11)18(26)27/h1-9H,10H2,(H,23,25)(H,26,27)/b22-9-. The van der Waals surface area contributed by atoms with E-state index in [0.717, 1.165) is 15.8 Å². The normalized spacial score (nSPS) is 11.0. The Bertz CT molecular complexity index is 1160. The smallest absolute Gasteiger partial charge is 0.335 e. The van der Waals surface area contributed by atoms with Crippen molar-refractivity contribution in [2.24, 2.45) is 5.10 Å². The Morgan fingerprint density at radius 3 is 2.62 bits per heavy atom. The number of thiazole rings is 1. The van der Waals surface area contributed by atoms with Crippen molar-refractivity contribution in [3.63, 3.8) is 0 Å². The number of aromatic carboxylic acids is 1. The molecule has 0 aliphatic heterocycles. The fourth-order valence-corrected chi connectivity index (χ4v) is 3.79. The van der Waals surface area contributed by atoms with Gasteiger partial charge in [0.05, 0.1) is 23.2 Å². The lowest BCUT2D eigenvalue weighted by Crippen LogP contribution is -2.17. The molecule has 1 aromatic heterocycles. The number of amides is 1.